The first-order valence-corrected chi connectivity index (χ1v) is 8.70. The van der Waals surface area contributed by atoms with Crippen LogP contribution in [0.2, 0.25) is 0 Å². The molecule has 6 nitrogen and oxygen atoms in total. The monoisotopic (exact) mass is 356 g/mol. The average molecular weight is 356 g/mol. The van der Waals surface area contributed by atoms with Crippen molar-refractivity contribution >= 4 is 17.3 Å². The zero-order valence-corrected chi connectivity index (χ0v) is 15.2. The van der Waals surface area contributed by atoms with Crippen LogP contribution >= 0.6 is 0 Å². The molecule has 0 radical (unpaired) electrons. The van der Waals surface area contributed by atoms with Gasteiger partial charge in [-0.3, -0.25) is 4.79 Å². The summed E-state index contributed by atoms with van der Waals surface area (Å²) in [5, 5.41) is 2.84. The maximum Gasteiger partial charge on any atom is 0.262 e. The zero-order chi connectivity index (χ0) is 18.4. The van der Waals surface area contributed by atoms with E-state index in [4.69, 9.17) is 14.2 Å². The molecule has 26 heavy (non-hydrogen) atoms. The molecule has 2 aromatic carbocycles. The Morgan fingerprint density at radius 3 is 2.19 bits per heavy atom. The van der Waals surface area contributed by atoms with E-state index in [1.54, 1.807) is 32.4 Å². The Morgan fingerprint density at radius 2 is 1.62 bits per heavy atom. The van der Waals surface area contributed by atoms with Crippen LogP contribution in [0.3, 0.4) is 0 Å². The molecule has 0 aliphatic carbocycles. The first kappa shape index (κ1) is 17.9. The van der Waals surface area contributed by atoms with Crippen molar-refractivity contribution in [2.75, 3.05) is 44.1 Å². The first-order chi connectivity index (χ1) is 12.7. The lowest BCUT2D eigenvalue weighted by Gasteiger charge is -2.18. The van der Waals surface area contributed by atoms with Gasteiger partial charge in [0.05, 0.1) is 14.2 Å². The van der Waals surface area contributed by atoms with Gasteiger partial charge in [-0.1, -0.05) is 6.07 Å². The molecule has 1 N–H and O–H groups in total. The van der Waals surface area contributed by atoms with Crippen LogP contribution < -0.4 is 24.4 Å². The summed E-state index contributed by atoms with van der Waals surface area (Å²) in [5.74, 6) is 1.21. The summed E-state index contributed by atoms with van der Waals surface area (Å²) in [6.07, 6.45) is 2.48. The minimum atomic E-state index is -0.244. The third kappa shape index (κ3) is 4.20. The second-order valence-electron chi connectivity index (χ2n) is 6.07. The smallest absolute Gasteiger partial charge is 0.262 e. The number of carbonyl (C=O) groups is 1. The van der Waals surface area contributed by atoms with Crippen LogP contribution in [0.4, 0.5) is 11.4 Å². The average Bonchev–Trinajstić information content (AvgIpc) is 3.21. The molecule has 1 aliphatic heterocycles. The number of nitrogens with zero attached hydrogens (tertiary/aromatic N) is 1. The zero-order valence-electron chi connectivity index (χ0n) is 15.2. The topological polar surface area (TPSA) is 60.0 Å². The number of ether oxygens (including phenoxy) is 3. The lowest BCUT2D eigenvalue weighted by molar-refractivity contribution is -0.118. The fourth-order valence-electron chi connectivity index (χ4n) is 3.03. The molecular formula is C20H24N2O4. The second kappa shape index (κ2) is 8.47. The van der Waals surface area contributed by atoms with Gasteiger partial charge >= 0.3 is 0 Å². The number of hydrogen-bond acceptors (Lipinski definition) is 5. The van der Waals surface area contributed by atoms with E-state index in [2.05, 4.69) is 10.2 Å². The predicted molar refractivity (Wildman–Crippen MR) is 102 cm³/mol. The number of anilines is 2. The van der Waals surface area contributed by atoms with Crippen molar-refractivity contribution in [2.45, 2.75) is 12.8 Å². The van der Waals surface area contributed by atoms with E-state index in [9.17, 15) is 4.79 Å². The Morgan fingerprint density at radius 1 is 1.00 bits per heavy atom. The molecule has 0 atom stereocenters. The third-order valence-electron chi connectivity index (χ3n) is 4.35. The number of para-hydroxylation sites is 1. The summed E-state index contributed by atoms with van der Waals surface area (Å²) in [6, 6.07) is 13.2. The minimum Gasteiger partial charge on any atom is -0.493 e. The summed E-state index contributed by atoms with van der Waals surface area (Å²) in [5.41, 5.74) is 1.93. The number of carbonyl (C=O) groups excluding carboxylic acids is 1. The van der Waals surface area contributed by atoms with E-state index in [0.29, 0.717) is 17.2 Å². The van der Waals surface area contributed by atoms with Gasteiger partial charge in [-0.2, -0.15) is 0 Å². The Hall–Kier alpha value is -2.89. The van der Waals surface area contributed by atoms with Crippen LogP contribution in [0, 0.1) is 0 Å². The summed E-state index contributed by atoms with van der Waals surface area (Å²) in [6.45, 7) is 2.06. The van der Waals surface area contributed by atoms with Crippen LogP contribution in [0.5, 0.6) is 17.2 Å². The Bertz CT molecular complexity index is 718. The van der Waals surface area contributed by atoms with Gasteiger partial charge in [0.25, 0.3) is 5.91 Å². The molecule has 2 aromatic rings. The Kier molecular flexibility index (Phi) is 5.84. The van der Waals surface area contributed by atoms with Crippen LogP contribution in [-0.4, -0.2) is 39.8 Å². The molecule has 1 fully saturated rings. The summed E-state index contributed by atoms with van der Waals surface area (Å²) < 4.78 is 16.1. The van der Waals surface area contributed by atoms with Crippen molar-refractivity contribution in [1.82, 2.24) is 0 Å². The number of methoxy groups -OCH3 is 2. The molecule has 0 saturated carbocycles. The molecular weight excluding hydrogens is 332 g/mol. The molecule has 0 bridgehead atoms. The predicted octanol–water partition coefficient (Wildman–Crippen LogP) is 3.32. The highest BCUT2D eigenvalue weighted by molar-refractivity contribution is 5.92. The normalized spacial score (nSPS) is 13.4. The molecule has 1 heterocycles. The summed E-state index contributed by atoms with van der Waals surface area (Å²) in [7, 11) is 3.09. The molecule has 1 amide bonds. The van der Waals surface area contributed by atoms with Crippen LogP contribution in [0.15, 0.2) is 42.5 Å². The molecule has 3 rings (SSSR count). The summed E-state index contributed by atoms with van der Waals surface area (Å²) in [4.78, 5) is 14.5. The maximum absolute atomic E-state index is 12.2. The van der Waals surface area contributed by atoms with Crippen molar-refractivity contribution in [3.63, 3.8) is 0 Å². The standard InChI is InChI=1S/C20H24N2O4/c1-24-17-6-5-7-18(25-2)20(17)26-14-19(23)21-15-8-10-16(11-9-15)22-12-3-4-13-22/h5-11H,3-4,12-14H2,1-2H3,(H,21,23). The summed E-state index contributed by atoms with van der Waals surface area (Å²) >= 11 is 0. The van der Waals surface area contributed by atoms with Gasteiger partial charge < -0.3 is 24.4 Å². The van der Waals surface area contributed by atoms with Crippen molar-refractivity contribution < 1.29 is 19.0 Å². The molecule has 0 aromatic heterocycles. The Balaban J connectivity index is 1.58. The van der Waals surface area contributed by atoms with E-state index in [0.717, 1.165) is 18.8 Å². The number of amides is 1. The SMILES string of the molecule is COc1cccc(OC)c1OCC(=O)Nc1ccc(N2CCCC2)cc1. The highest BCUT2D eigenvalue weighted by Crippen LogP contribution is 2.36. The molecule has 0 spiro atoms. The molecule has 138 valence electrons. The van der Waals surface area contributed by atoms with Crippen molar-refractivity contribution in [3.05, 3.63) is 42.5 Å². The number of hydrogen-bond donors (Lipinski definition) is 1. The van der Waals surface area contributed by atoms with Crippen LogP contribution in [-0.2, 0) is 4.79 Å². The highest BCUT2D eigenvalue weighted by atomic mass is 16.5. The maximum atomic E-state index is 12.2. The van der Waals surface area contributed by atoms with Gasteiger partial charge in [-0.25, -0.2) is 0 Å². The van der Waals surface area contributed by atoms with Crippen molar-refractivity contribution in [2.24, 2.45) is 0 Å². The largest absolute Gasteiger partial charge is 0.493 e. The number of nitrogens with one attached hydrogen (secondary N) is 1. The Labute approximate surface area is 153 Å². The van der Waals surface area contributed by atoms with Crippen molar-refractivity contribution in [1.29, 1.82) is 0 Å². The van der Waals surface area contributed by atoms with E-state index < -0.39 is 0 Å². The van der Waals surface area contributed by atoms with Gasteiger partial charge in [-0.15, -0.1) is 0 Å². The molecule has 6 heteroatoms. The first-order valence-electron chi connectivity index (χ1n) is 8.70. The number of rotatable bonds is 7. The lowest BCUT2D eigenvalue weighted by Crippen LogP contribution is -2.21. The van der Waals surface area contributed by atoms with E-state index in [1.165, 1.54) is 18.5 Å². The van der Waals surface area contributed by atoms with Crippen molar-refractivity contribution in [3.8, 4) is 17.2 Å². The van der Waals surface area contributed by atoms with Crippen LogP contribution in [0.1, 0.15) is 12.8 Å². The van der Waals surface area contributed by atoms with Gasteiger partial charge in [-0.05, 0) is 49.2 Å². The molecule has 0 unspecified atom stereocenters. The van der Waals surface area contributed by atoms with Crippen LogP contribution in [0.25, 0.3) is 0 Å². The van der Waals surface area contributed by atoms with E-state index >= 15 is 0 Å². The van der Waals surface area contributed by atoms with Gasteiger partial charge in [0, 0.05) is 24.5 Å². The highest BCUT2D eigenvalue weighted by Gasteiger charge is 2.14. The lowest BCUT2D eigenvalue weighted by atomic mass is 10.2. The quantitative estimate of drug-likeness (QED) is 0.825. The van der Waals surface area contributed by atoms with Gasteiger partial charge in [0.1, 0.15) is 0 Å². The fourth-order valence-corrected chi connectivity index (χ4v) is 3.03. The second-order valence-corrected chi connectivity index (χ2v) is 6.07. The van der Waals surface area contributed by atoms with Gasteiger partial charge in [0.15, 0.2) is 18.1 Å². The van der Waals surface area contributed by atoms with Gasteiger partial charge in [0.2, 0.25) is 5.75 Å². The number of benzene rings is 2. The minimum absolute atomic E-state index is 0.134. The third-order valence-corrected chi connectivity index (χ3v) is 4.35. The molecule has 1 saturated heterocycles. The molecule has 1 aliphatic rings. The fraction of sp³-hybridized carbons (Fsp3) is 0.350. The van der Waals surface area contributed by atoms with E-state index in [-0.39, 0.29) is 12.5 Å². The van der Waals surface area contributed by atoms with E-state index in [1.807, 2.05) is 24.3 Å².